The third kappa shape index (κ3) is 4.91. The van der Waals surface area contributed by atoms with Crippen molar-refractivity contribution < 1.29 is 26.3 Å². The van der Waals surface area contributed by atoms with Crippen molar-refractivity contribution in [2.75, 3.05) is 0 Å². The van der Waals surface area contributed by atoms with E-state index in [2.05, 4.69) is 29.1 Å². The summed E-state index contributed by atoms with van der Waals surface area (Å²) in [6.07, 6.45) is 1.18. The predicted molar refractivity (Wildman–Crippen MR) is 113 cm³/mol. The molecule has 0 radical (unpaired) electrons. The summed E-state index contributed by atoms with van der Waals surface area (Å²) >= 11 is 4.30. The van der Waals surface area contributed by atoms with E-state index in [-0.39, 0.29) is 5.56 Å². The number of thiocarbonyl (C=S) groups is 1. The van der Waals surface area contributed by atoms with Crippen LogP contribution >= 0.6 is 12.2 Å². The lowest BCUT2D eigenvalue weighted by molar-refractivity contribution is 0.573. The number of hydrogen-bond donors (Lipinski definition) is 0. The highest BCUT2D eigenvalue weighted by Crippen LogP contribution is 2.32. The molecule has 3 aromatic carbocycles. The average molecular weight is 461 g/mol. The van der Waals surface area contributed by atoms with Crippen LogP contribution in [0.1, 0.15) is 30.0 Å². The van der Waals surface area contributed by atoms with Gasteiger partial charge in [0.25, 0.3) is 0 Å². The van der Waals surface area contributed by atoms with Gasteiger partial charge in [0, 0.05) is 5.56 Å². The summed E-state index contributed by atoms with van der Waals surface area (Å²) in [5.41, 5.74) is -2.14. The largest absolute Gasteiger partial charge is 0.206 e. The average Bonchev–Trinajstić information content (AvgIpc) is 2.70. The van der Waals surface area contributed by atoms with Crippen LogP contribution in [0.3, 0.4) is 0 Å². The molecule has 162 valence electrons. The van der Waals surface area contributed by atoms with E-state index in [0.29, 0.717) is 30.5 Å². The van der Waals surface area contributed by atoms with Crippen molar-refractivity contribution in [1.82, 2.24) is 0 Å². The van der Waals surface area contributed by atoms with Crippen LogP contribution in [0, 0.1) is 46.7 Å². The molecule has 0 unspecified atom stereocenters. The van der Waals surface area contributed by atoms with E-state index in [0.717, 1.165) is 24.3 Å². The summed E-state index contributed by atoms with van der Waals surface area (Å²) in [5, 5.41) is 1.81. The molecular formula is C24H13F6NS. The molecule has 0 spiro atoms. The van der Waals surface area contributed by atoms with E-state index in [4.69, 9.17) is 0 Å². The Morgan fingerprint density at radius 1 is 0.750 bits per heavy atom. The van der Waals surface area contributed by atoms with Gasteiger partial charge in [0.1, 0.15) is 29.0 Å². The van der Waals surface area contributed by atoms with Crippen molar-refractivity contribution in [3.05, 3.63) is 88.0 Å². The van der Waals surface area contributed by atoms with Crippen LogP contribution in [0.25, 0.3) is 11.1 Å². The fraction of sp³-hybridized carbons (Fsp3) is 0.125. The number of isothiocyanates is 1. The maximum atomic E-state index is 14.6. The number of halogens is 6. The van der Waals surface area contributed by atoms with Gasteiger partial charge < -0.3 is 0 Å². The van der Waals surface area contributed by atoms with Crippen LogP contribution in [0.15, 0.2) is 41.4 Å². The van der Waals surface area contributed by atoms with E-state index < -0.39 is 57.3 Å². The van der Waals surface area contributed by atoms with Gasteiger partial charge >= 0.3 is 0 Å². The fourth-order valence-electron chi connectivity index (χ4n) is 3.10. The molecule has 0 saturated heterocycles. The lowest BCUT2D eigenvalue weighted by atomic mass is 10.0. The van der Waals surface area contributed by atoms with Gasteiger partial charge in [-0.1, -0.05) is 25.2 Å². The van der Waals surface area contributed by atoms with E-state index in [1.807, 2.05) is 12.1 Å². The Labute approximate surface area is 185 Å². The molecule has 0 bridgehead atoms. The number of aliphatic imine (C=N–C) groups is 1. The van der Waals surface area contributed by atoms with Gasteiger partial charge in [-0.05, 0) is 66.2 Å². The fourth-order valence-corrected chi connectivity index (χ4v) is 3.19. The molecule has 0 fully saturated rings. The van der Waals surface area contributed by atoms with Gasteiger partial charge in [-0.3, -0.25) is 0 Å². The van der Waals surface area contributed by atoms with Crippen molar-refractivity contribution in [2.45, 2.75) is 19.8 Å². The minimum Gasteiger partial charge on any atom is -0.206 e. The summed E-state index contributed by atoms with van der Waals surface area (Å²) in [7, 11) is 0. The third-order valence-corrected chi connectivity index (χ3v) is 4.57. The maximum Gasteiger partial charge on any atom is 0.153 e. The molecule has 0 aliphatic carbocycles. The summed E-state index contributed by atoms with van der Waals surface area (Å²) in [4.78, 5) is 3.23. The molecule has 0 N–H and O–H groups in total. The van der Waals surface area contributed by atoms with Gasteiger partial charge in [-0.2, -0.15) is 4.99 Å². The quantitative estimate of drug-likeness (QED) is 0.172. The Morgan fingerprint density at radius 2 is 1.31 bits per heavy atom. The smallest absolute Gasteiger partial charge is 0.153 e. The molecule has 0 atom stereocenters. The van der Waals surface area contributed by atoms with Crippen LogP contribution in [0.2, 0.25) is 0 Å². The molecule has 3 rings (SSSR count). The predicted octanol–water partition coefficient (Wildman–Crippen LogP) is 7.27. The Bertz CT molecular complexity index is 1250. The highest BCUT2D eigenvalue weighted by atomic mass is 32.1. The second-order valence-corrected chi connectivity index (χ2v) is 6.92. The zero-order valence-corrected chi connectivity index (χ0v) is 17.3. The first-order valence-electron chi connectivity index (χ1n) is 9.31. The number of aryl methyl sites for hydroxylation is 1. The first-order chi connectivity index (χ1) is 15.2. The normalized spacial score (nSPS) is 10.3. The highest BCUT2D eigenvalue weighted by Gasteiger charge is 2.18. The highest BCUT2D eigenvalue weighted by molar-refractivity contribution is 7.78. The number of nitrogens with zero attached hydrogens (tertiary/aromatic N) is 1. The third-order valence-electron chi connectivity index (χ3n) is 4.48. The lowest BCUT2D eigenvalue weighted by Crippen LogP contribution is -1.96. The Kier molecular flexibility index (Phi) is 7.14. The molecule has 8 heteroatoms. The van der Waals surface area contributed by atoms with Gasteiger partial charge in [-0.15, -0.1) is 0 Å². The molecule has 32 heavy (non-hydrogen) atoms. The van der Waals surface area contributed by atoms with Crippen molar-refractivity contribution in [1.29, 1.82) is 0 Å². The lowest BCUT2D eigenvalue weighted by Gasteiger charge is -2.08. The zero-order valence-electron chi connectivity index (χ0n) is 16.5. The van der Waals surface area contributed by atoms with E-state index in [1.54, 1.807) is 0 Å². The molecule has 0 heterocycles. The Balaban J connectivity index is 2.01. The van der Waals surface area contributed by atoms with Crippen LogP contribution in [-0.2, 0) is 6.42 Å². The molecule has 0 aliphatic rings. The SMILES string of the molecule is CCCc1cc(F)c(C#Cc2cc(F)c(-c3cc(F)c(N=C=S)c(F)c3)c(F)c2)c(F)c1. The van der Waals surface area contributed by atoms with Crippen molar-refractivity contribution >= 4 is 23.1 Å². The Morgan fingerprint density at radius 3 is 1.81 bits per heavy atom. The molecule has 0 aliphatic heterocycles. The topological polar surface area (TPSA) is 12.4 Å². The van der Waals surface area contributed by atoms with Crippen LogP contribution in [-0.4, -0.2) is 5.16 Å². The second-order valence-electron chi connectivity index (χ2n) is 6.74. The first kappa shape index (κ1) is 23.3. The molecular weight excluding hydrogens is 448 g/mol. The van der Waals surface area contributed by atoms with Crippen molar-refractivity contribution in [3.63, 3.8) is 0 Å². The minimum absolute atomic E-state index is 0.219. The molecule has 3 aromatic rings. The molecule has 0 saturated carbocycles. The van der Waals surface area contributed by atoms with Crippen LogP contribution < -0.4 is 0 Å². The monoisotopic (exact) mass is 461 g/mol. The summed E-state index contributed by atoms with van der Waals surface area (Å²) in [6, 6.07) is 5.30. The van der Waals surface area contributed by atoms with Crippen molar-refractivity contribution in [3.8, 4) is 23.0 Å². The van der Waals surface area contributed by atoms with Crippen LogP contribution in [0.5, 0.6) is 0 Å². The van der Waals surface area contributed by atoms with Gasteiger partial charge in [0.05, 0.1) is 16.3 Å². The van der Waals surface area contributed by atoms with Crippen molar-refractivity contribution in [2.24, 2.45) is 4.99 Å². The first-order valence-corrected chi connectivity index (χ1v) is 9.72. The molecule has 0 amide bonds. The summed E-state index contributed by atoms with van der Waals surface area (Å²) < 4.78 is 85.5. The molecule has 1 nitrogen and oxygen atoms in total. The maximum absolute atomic E-state index is 14.6. The zero-order chi connectivity index (χ0) is 23.4. The van der Waals surface area contributed by atoms with Gasteiger partial charge in [0.2, 0.25) is 0 Å². The number of rotatable bonds is 4. The van der Waals surface area contributed by atoms with E-state index in [9.17, 15) is 26.3 Å². The van der Waals surface area contributed by atoms with E-state index in [1.165, 1.54) is 0 Å². The number of benzene rings is 3. The van der Waals surface area contributed by atoms with Crippen LogP contribution in [0.4, 0.5) is 32.0 Å². The van der Waals surface area contributed by atoms with Gasteiger partial charge in [0.15, 0.2) is 11.6 Å². The minimum atomic E-state index is -1.18. The Hall–Kier alpha value is -3.40. The van der Waals surface area contributed by atoms with E-state index >= 15 is 0 Å². The number of hydrogen-bond acceptors (Lipinski definition) is 2. The standard InChI is InChI=1S/C24H13F6NS/c1-2-3-13-6-17(25)16(18(26)7-13)5-4-14-8-19(27)23(20(28)9-14)15-10-21(29)24(31-12-32)22(30)11-15/h6-11H,2-3H2,1H3. The van der Waals surface area contributed by atoms with Gasteiger partial charge in [-0.25, -0.2) is 26.3 Å². The molecule has 0 aromatic heterocycles. The second kappa shape index (κ2) is 9.82. The summed E-state index contributed by atoms with van der Waals surface area (Å²) in [6.45, 7) is 1.86. The summed E-state index contributed by atoms with van der Waals surface area (Å²) in [5.74, 6) is -1.93.